The fourth-order valence-corrected chi connectivity index (χ4v) is 4.06. The number of carbonyl (C=O) groups is 1. The molecule has 0 radical (unpaired) electrons. The van der Waals surface area contributed by atoms with Gasteiger partial charge in [-0.3, -0.25) is 4.79 Å². The average Bonchev–Trinajstić information content (AvgIpc) is 2.92. The first-order valence-corrected chi connectivity index (χ1v) is 12.2. The lowest BCUT2D eigenvalue weighted by Gasteiger charge is -2.11. The number of hydrogen-bond acceptors (Lipinski definition) is 3. The van der Waals surface area contributed by atoms with Crippen LogP contribution in [0.15, 0.2) is 12.2 Å². The van der Waals surface area contributed by atoms with Crippen molar-refractivity contribution in [2.45, 2.75) is 135 Å². The first-order valence-electron chi connectivity index (χ1n) is 12.2. The quantitative estimate of drug-likeness (QED) is 0.153. The molecule has 0 aromatic rings. The summed E-state index contributed by atoms with van der Waals surface area (Å²) in [5.41, 5.74) is 0. The lowest BCUT2D eigenvalue weighted by molar-refractivity contribution is -0.143. The number of unbranched alkanes of at least 4 members (excludes halogenated alkanes) is 14. The number of carbonyl (C=O) groups excluding carboxylic acids is 1. The fourth-order valence-electron chi connectivity index (χ4n) is 4.06. The van der Waals surface area contributed by atoms with Gasteiger partial charge in [-0.15, -0.1) is 0 Å². The molecule has 0 bridgehead atoms. The topological polar surface area (TPSA) is 46.5 Å². The van der Waals surface area contributed by atoms with Crippen LogP contribution >= 0.6 is 0 Å². The summed E-state index contributed by atoms with van der Waals surface area (Å²) in [6.45, 7) is 4.04. The van der Waals surface area contributed by atoms with E-state index in [1.165, 1.54) is 89.9 Å². The molecule has 3 heteroatoms. The summed E-state index contributed by atoms with van der Waals surface area (Å²) in [7, 11) is 0. The van der Waals surface area contributed by atoms with E-state index in [1.807, 2.05) is 0 Å². The number of allylic oxidation sites excluding steroid dienone is 2. The van der Waals surface area contributed by atoms with Crippen LogP contribution in [0.2, 0.25) is 0 Å². The number of ether oxygens (including phenoxy) is 1. The Morgan fingerprint density at radius 2 is 1.25 bits per heavy atom. The summed E-state index contributed by atoms with van der Waals surface area (Å²) in [5.74, 6) is -0.495. The van der Waals surface area contributed by atoms with Crippen LogP contribution < -0.4 is 0 Å². The zero-order chi connectivity index (χ0) is 20.5. The molecule has 1 fully saturated rings. The Kier molecular flexibility index (Phi) is 15.4. The average molecular weight is 395 g/mol. The third-order valence-corrected chi connectivity index (χ3v) is 6.02. The van der Waals surface area contributed by atoms with Gasteiger partial charge in [-0.25, -0.2) is 0 Å². The largest absolute Gasteiger partial charge is 0.460 e. The molecule has 1 aliphatic rings. The maximum absolute atomic E-state index is 11.6. The van der Waals surface area contributed by atoms with E-state index in [0.717, 1.165) is 19.3 Å². The maximum Gasteiger partial charge on any atom is 0.312 e. The van der Waals surface area contributed by atoms with Gasteiger partial charge >= 0.3 is 5.97 Å². The third kappa shape index (κ3) is 11.9. The van der Waals surface area contributed by atoms with Gasteiger partial charge in [0.25, 0.3) is 0 Å². The van der Waals surface area contributed by atoms with Gasteiger partial charge in [0.2, 0.25) is 0 Å². The molecule has 1 aliphatic heterocycles. The summed E-state index contributed by atoms with van der Waals surface area (Å²) >= 11 is 0. The summed E-state index contributed by atoms with van der Waals surface area (Å²) < 4.78 is 5.08. The molecule has 3 nitrogen and oxygen atoms in total. The Bertz CT molecular complexity index is 405. The van der Waals surface area contributed by atoms with E-state index in [-0.39, 0.29) is 18.0 Å². The Morgan fingerprint density at radius 3 is 1.71 bits per heavy atom. The highest BCUT2D eigenvalue weighted by Crippen LogP contribution is 2.26. The van der Waals surface area contributed by atoms with Gasteiger partial charge < -0.3 is 9.84 Å². The molecule has 0 saturated carbocycles. The Balaban J connectivity index is 1.78. The van der Waals surface area contributed by atoms with Crippen LogP contribution in [0.25, 0.3) is 0 Å². The van der Waals surface area contributed by atoms with Gasteiger partial charge in [0.1, 0.15) is 12.2 Å². The van der Waals surface area contributed by atoms with Gasteiger partial charge in [0.15, 0.2) is 0 Å². The lowest BCUT2D eigenvalue weighted by atomic mass is 9.95. The van der Waals surface area contributed by atoms with Gasteiger partial charge in [-0.1, -0.05) is 96.1 Å². The molecular formula is C25H46O3. The Hall–Kier alpha value is -0.830. The number of aliphatic hydroxyl groups is 1. The normalized spacial score (nSPS) is 22.2. The Labute approximate surface area is 174 Å². The van der Waals surface area contributed by atoms with Crippen molar-refractivity contribution in [3.63, 3.8) is 0 Å². The van der Waals surface area contributed by atoms with E-state index < -0.39 is 6.10 Å². The molecule has 0 unspecified atom stereocenters. The molecular weight excluding hydrogens is 348 g/mol. The SMILES string of the molecule is CCCCCCCC/C=C\CCCCCCCCCC[C@H]1C(=O)O[C@H](C)[C@H]1O. The van der Waals surface area contributed by atoms with Crippen LogP contribution in [-0.2, 0) is 9.53 Å². The zero-order valence-corrected chi connectivity index (χ0v) is 18.7. The number of cyclic esters (lactones) is 1. The van der Waals surface area contributed by atoms with E-state index in [0.29, 0.717) is 0 Å². The highest BCUT2D eigenvalue weighted by molar-refractivity contribution is 5.75. The van der Waals surface area contributed by atoms with Gasteiger partial charge in [0.05, 0.1) is 5.92 Å². The van der Waals surface area contributed by atoms with Crippen molar-refractivity contribution >= 4 is 5.97 Å². The third-order valence-electron chi connectivity index (χ3n) is 6.02. The van der Waals surface area contributed by atoms with Crippen molar-refractivity contribution < 1.29 is 14.6 Å². The van der Waals surface area contributed by atoms with E-state index in [9.17, 15) is 9.90 Å². The van der Waals surface area contributed by atoms with E-state index in [1.54, 1.807) is 6.92 Å². The monoisotopic (exact) mass is 394 g/mol. The smallest absolute Gasteiger partial charge is 0.312 e. The standard InChI is InChI=1S/C25H46O3/c1-3-4-5-6-7-8-9-10-11-12-13-14-15-16-17-18-19-20-21-23-24(26)22(2)28-25(23)27/h10-11,22-24,26H,3-9,12-21H2,1-2H3/b11-10-/t22-,23-,24-/m1/s1. The molecule has 0 aromatic heterocycles. The first kappa shape index (κ1) is 25.2. The summed E-state index contributed by atoms with van der Waals surface area (Å²) in [6.07, 6.45) is 25.5. The summed E-state index contributed by atoms with van der Waals surface area (Å²) in [6, 6.07) is 0. The molecule has 164 valence electrons. The molecule has 0 aliphatic carbocycles. The van der Waals surface area contributed by atoms with Crippen molar-refractivity contribution in [3.8, 4) is 0 Å². The second kappa shape index (κ2) is 17.1. The summed E-state index contributed by atoms with van der Waals surface area (Å²) in [5, 5.41) is 9.92. The predicted octanol–water partition coefficient (Wildman–Crippen LogP) is 7.12. The number of esters is 1. The highest BCUT2D eigenvalue weighted by atomic mass is 16.6. The van der Waals surface area contributed by atoms with Crippen LogP contribution in [0.1, 0.15) is 123 Å². The van der Waals surface area contributed by atoms with Crippen molar-refractivity contribution in [1.82, 2.24) is 0 Å². The summed E-state index contributed by atoms with van der Waals surface area (Å²) in [4.78, 5) is 11.6. The minimum Gasteiger partial charge on any atom is -0.460 e. The second-order valence-electron chi connectivity index (χ2n) is 8.67. The first-order chi connectivity index (χ1) is 13.7. The predicted molar refractivity (Wildman–Crippen MR) is 118 cm³/mol. The molecule has 0 amide bonds. The van der Waals surface area contributed by atoms with Crippen molar-refractivity contribution in [2.24, 2.45) is 5.92 Å². The second-order valence-corrected chi connectivity index (χ2v) is 8.67. The van der Waals surface area contributed by atoms with Gasteiger partial charge in [-0.2, -0.15) is 0 Å². The zero-order valence-electron chi connectivity index (χ0n) is 18.7. The van der Waals surface area contributed by atoms with Crippen molar-refractivity contribution in [2.75, 3.05) is 0 Å². The highest BCUT2D eigenvalue weighted by Gasteiger charge is 2.40. The number of hydrogen-bond donors (Lipinski definition) is 1. The van der Waals surface area contributed by atoms with Crippen molar-refractivity contribution in [1.29, 1.82) is 0 Å². The number of rotatable bonds is 18. The van der Waals surface area contributed by atoms with E-state index >= 15 is 0 Å². The number of aliphatic hydroxyl groups excluding tert-OH is 1. The van der Waals surface area contributed by atoms with Crippen LogP contribution in [0, 0.1) is 5.92 Å². The molecule has 1 N–H and O–H groups in total. The Morgan fingerprint density at radius 1 is 0.786 bits per heavy atom. The minimum atomic E-state index is -0.604. The minimum absolute atomic E-state index is 0.207. The molecule has 28 heavy (non-hydrogen) atoms. The van der Waals surface area contributed by atoms with Crippen LogP contribution in [-0.4, -0.2) is 23.3 Å². The van der Waals surface area contributed by atoms with Gasteiger partial charge in [-0.05, 0) is 39.0 Å². The molecule has 1 rings (SSSR count). The van der Waals surface area contributed by atoms with Crippen LogP contribution in [0.4, 0.5) is 0 Å². The molecule has 3 atom stereocenters. The maximum atomic E-state index is 11.6. The molecule has 1 heterocycles. The molecule has 0 spiro atoms. The van der Waals surface area contributed by atoms with Gasteiger partial charge in [0, 0.05) is 0 Å². The van der Waals surface area contributed by atoms with E-state index in [4.69, 9.17) is 4.74 Å². The molecule has 0 aromatic carbocycles. The van der Waals surface area contributed by atoms with E-state index in [2.05, 4.69) is 19.1 Å². The fraction of sp³-hybridized carbons (Fsp3) is 0.880. The molecule has 1 saturated heterocycles. The lowest BCUT2D eigenvalue weighted by Crippen LogP contribution is -2.24. The van der Waals surface area contributed by atoms with Crippen molar-refractivity contribution in [3.05, 3.63) is 12.2 Å². The van der Waals surface area contributed by atoms with Crippen LogP contribution in [0.3, 0.4) is 0 Å². The van der Waals surface area contributed by atoms with Crippen LogP contribution in [0.5, 0.6) is 0 Å².